The highest BCUT2D eigenvalue weighted by Crippen LogP contribution is 2.26. The van der Waals surface area contributed by atoms with Gasteiger partial charge < -0.3 is 0 Å². The normalized spacial score (nSPS) is 12.4. The van der Waals surface area contributed by atoms with Gasteiger partial charge in [0.15, 0.2) is 11.3 Å². The Labute approximate surface area is 175 Å². The standard InChI is InChI=1S/C21H16N10/c1-12-24-20-16(18(28-30(20)26-12)14-3-7-22-8-4-14)11-17-19(15-5-9-23-10-6-15)29-31-21(17)25-13(2)27-31/h3-11,28H,1-2H3. The maximum absolute atomic E-state index is 4.69. The van der Waals surface area contributed by atoms with E-state index in [1.807, 2.05) is 44.2 Å². The van der Waals surface area contributed by atoms with Crippen molar-refractivity contribution in [1.82, 2.24) is 49.6 Å². The SMILES string of the molecule is Cc1nc2c(=Cc3c(-c4ccncc4)[nH]n4nc(C)nc34)c(-c3ccncc3)nn2n1. The Hall–Kier alpha value is -4.47. The van der Waals surface area contributed by atoms with E-state index in [4.69, 9.17) is 5.10 Å². The molecule has 0 radical (unpaired) electrons. The monoisotopic (exact) mass is 408 g/mol. The molecule has 0 atom stereocenters. The summed E-state index contributed by atoms with van der Waals surface area (Å²) in [5.41, 5.74) is 5.85. The van der Waals surface area contributed by atoms with Crippen molar-refractivity contribution in [3.63, 3.8) is 0 Å². The number of aromatic amines is 1. The minimum atomic E-state index is 0.658. The quantitative estimate of drug-likeness (QED) is 0.475. The first-order chi connectivity index (χ1) is 15.2. The molecule has 0 fully saturated rings. The zero-order chi connectivity index (χ0) is 20.9. The number of H-pyrrole nitrogens is 1. The van der Waals surface area contributed by atoms with Crippen LogP contribution in [0.5, 0.6) is 0 Å². The molecule has 6 aromatic rings. The number of hydrogen-bond acceptors (Lipinski definition) is 7. The number of fused-ring (bicyclic) bond motifs is 2. The van der Waals surface area contributed by atoms with Crippen molar-refractivity contribution in [2.24, 2.45) is 0 Å². The number of aromatic nitrogens is 10. The van der Waals surface area contributed by atoms with E-state index in [-0.39, 0.29) is 0 Å². The molecule has 0 aliphatic heterocycles. The predicted molar refractivity (Wildman–Crippen MR) is 113 cm³/mol. The molecule has 6 aromatic heterocycles. The Bertz CT molecular complexity index is 1590. The summed E-state index contributed by atoms with van der Waals surface area (Å²) in [5.74, 6) is 1.34. The second-order valence-electron chi connectivity index (χ2n) is 7.15. The molecule has 6 heterocycles. The van der Waals surface area contributed by atoms with E-state index in [0.29, 0.717) is 17.3 Å². The Balaban J connectivity index is 1.71. The van der Waals surface area contributed by atoms with Gasteiger partial charge in [0.25, 0.3) is 0 Å². The van der Waals surface area contributed by atoms with Gasteiger partial charge in [-0.25, -0.2) is 9.97 Å². The van der Waals surface area contributed by atoms with E-state index in [1.165, 1.54) is 0 Å². The van der Waals surface area contributed by atoms with Crippen LogP contribution in [0.2, 0.25) is 0 Å². The van der Waals surface area contributed by atoms with Gasteiger partial charge in [0.05, 0.1) is 10.9 Å². The lowest BCUT2D eigenvalue weighted by molar-refractivity contribution is 0.809. The van der Waals surface area contributed by atoms with Crippen molar-refractivity contribution >= 4 is 17.4 Å². The first-order valence-corrected chi connectivity index (χ1v) is 9.68. The molecule has 31 heavy (non-hydrogen) atoms. The maximum atomic E-state index is 4.69. The van der Waals surface area contributed by atoms with E-state index in [1.54, 1.807) is 34.0 Å². The summed E-state index contributed by atoms with van der Waals surface area (Å²) in [7, 11) is 0. The number of rotatable bonds is 3. The average molecular weight is 408 g/mol. The molecule has 6 rings (SSSR count). The van der Waals surface area contributed by atoms with Gasteiger partial charge in [-0.3, -0.25) is 15.1 Å². The van der Waals surface area contributed by atoms with Crippen LogP contribution in [0.3, 0.4) is 0 Å². The van der Waals surface area contributed by atoms with Crippen LogP contribution in [0.1, 0.15) is 17.2 Å². The minimum Gasteiger partial charge on any atom is -0.275 e. The zero-order valence-corrected chi connectivity index (χ0v) is 16.7. The molecule has 150 valence electrons. The van der Waals surface area contributed by atoms with E-state index in [9.17, 15) is 0 Å². The van der Waals surface area contributed by atoms with Crippen LogP contribution in [-0.4, -0.2) is 49.6 Å². The van der Waals surface area contributed by atoms with E-state index in [0.717, 1.165) is 38.9 Å². The highest BCUT2D eigenvalue weighted by atomic mass is 15.5. The van der Waals surface area contributed by atoms with Crippen LogP contribution in [0.25, 0.3) is 39.9 Å². The number of nitrogens with one attached hydrogen (secondary N) is 1. The van der Waals surface area contributed by atoms with Crippen LogP contribution >= 0.6 is 0 Å². The summed E-state index contributed by atoms with van der Waals surface area (Å²) >= 11 is 0. The largest absolute Gasteiger partial charge is 0.275 e. The summed E-state index contributed by atoms with van der Waals surface area (Å²) in [6.45, 7) is 3.71. The summed E-state index contributed by atoms with van der Waals surface area (Å²) in [6.07, 6.45) is 9.05. The van der Waals surface area contributed by atoms with Gasteiger partial charge in [-0.15, -0.1) is 19.9 Å². The van der Waals surface area contributed by atoms with Crippen molar-refractivity contribution in [2.45, 2.75) is 13.8 Å². The van der Waals surface area contributed by atoms with Gasteiger partial charge >= 0.3 is 0 Å². The number of aryl methyl sites for hydroxylation is 2. The topological polar surface area (TPSA) is 115 Å². The van der Waals surface area contributed by atoms with Crippen LogP contribution in [0, 0.1) is 13.8 Å². The van der Waals surface area contributed by atoms with Crippen molar-refractivity contribution in [3.05, 3.63) is 71.5 Å². The molecule has 0 aromatic carbocycles. The molecule has 0 saturated heterocycles. The lowest BCUT2D eigenvalue weighted by Gasteiger charge is -2.00. The van der Waals surface area contributed by atoms with Gasteiger partial charge in [-0.1, -0.05) is 0 Å². The fourth-order valence-electron chi connectivity index (χ4n) is 3.72. The first kappa shape index (κ1) is 17.4. The van der Waals surface area contributed by atoms with E-state index < -0.39 is 0 Å². The third-order valence-electron chi connectivity index (χ3n) is 5.04. The first-order valence-electron chi connectivity index (χ1n) is 9.68. The summed E-state index contributed by atoms with van der Waals surface area (Å²) < 4.78 is 3.26. The molecular weight excluding hydrogens is 392 g/mol. The highest BCUT2D eigenvalue weighted by molar-refractivity contribution is 5.83. The van der Waals surface area contributed by atoms with Crippen LogP contribution in [0.15, 0.2) is 49.1 Å². The highest BCUT2D eigenvalue weighted by Gasteiger charge is 2.18. The Kier molecular flexibility index (Phi) is 3.66. The number of nitrogens with zero attached hydrogens (tertiary/aromatic N) is 9. The third kappa shape index (κ3) is 2.76. The molecule has 0 unspecified atom stereocenters. The van der Waals surface area contributed by atoms with Crippen molar-refractivity contribution in [2.75, 3.05) is 0 Å². The third-order valence-corrected chi connectivity index (χ3v) is 5.04. The molecule has 1 N–H and O–H groups in total. The fraction of sp³-hybridized carbons (Fsp3) is 0.0952. The Morgan fingerprint density at radius 1 is 0.774 bits per heavy atom. The zero-order valence-electron chi connectivity index (χ0n) is 16.7. The van der Waals surface area contributed by atoms with Crippen LogP contribution < -0.4 is 5.22 Å². The molecular formula is C21H16N10. The van der Waals surface area contributed by atoms with Gasteiger partial charge in [0.2, 0.25) is 0 Å². The molecule has 0 spiro atoms. The molecule has 10 heteroatoms. The van der Waals surface area contributed by atoms with Crippen LogP contribution in [0.4, 0.5) is 0 Å². The Morgan fingerprint density at radius 3 is 2.16 bits per heavy atom. The van der Waals surface area contributed by atoms with Gasteiger partial charge in [0.1, 0.15) is 17.3 Å². The summed E-state index contributed by atoms with van der Waals surface area (Å²) in [4.78, 5) is 17.5. The molecule has 10 nitrogen and oxygen atoms in total. The second kappa shape index (κ2) is 6.52. The molecule has 0 aliphatic rings. The lowest BCUT2D eigenvalue weighted by Crippen LogP contribution is -2.04. The Morgan fingerprint density at radius 2 is 1.42 bits per heavy atom. The second-order valence-corrected chi connectivity index (χ2v) is 7.15. The summed E-state index contributed by atoms with van der Waals surface area (Å²) in [5, 5.41) is 17.7. The van der Waals surface area contributed by atoms with E-state index >= 15 is 0 Å². The number of hydrogen-bond donors (Lipinski definition) is 1. The maximum Gasteiger partial charge on any atom is 0.185 e. The van der Waals surface area contributed by atoms with Crippen molar-refractivity contribution in [3.8, 4) is 22.5 Å². The summed E-state index contributed by atoms with van der Waals surface area (Å²) in [6, 6.07) is 7.73. The van der Waals surface area contributed by atoms with E-state index in [2.05, 4.69) is 35.2 Å². The smallest absolute Gasteiger partial charge is 0.185 e. The van der Waals surface area contributed by atoms with Gasteiger partial charge in [-0.2, -0.15) is 4.63 Å². The predicted octanol–water partition coefficient (Wildman–Crippen LogP) is 1.78. The van der Waals surface area contributed by atoms with Gasteiger partial charge in [-0.05, 0) is 44.2 Å². The average Bonchev–Trinajstić information content (AvgIpc) is 3.50. The molecule has 0 aliphatic carbocycles. The molecule has 0 amide bonds. The van der Waals surface area contributed by atoms with Gasteiger partial charge in [0, 0.05) is 41.5 Å². The minimum absolute atomic E-state index is 0.658. The molecule has 0 bridgehead atoms. The molecule has 0 saturated carbocycles. The lowest BCUT2D eigenvalue weighted by atomic mass is 10.1. The number of pyridine rings is 2. The fourth-order valence-corrected chi connectivity index (χ4v) is 3.72. The van der Waals surface area contributed by atoms with Crippen LogP contribution in [-0.2, 0) is 0 Å². The van der Waals surface area contributed by atoms with Crippen molar-refractivity contribution < 1.29 is 0 Å². The van der Waals surface area contributed by atoms with Crippen molar-refractivity contribution in [1.29, 1.82) is 0 Å².